The smallest absolute Gasteiger partial charge is 0.330 e. The zero-order valence-electron chi connectivity index (χ0n) is 7.76. The van der Waals surface area contributed by atoms with E-state index >= 15 is 0 Å². The molecule has 2 nitrogen and oxygen atoms in total. The highest BCUT2D eigenvalue weighted by Gasteiger charge is 2.11. The van der Waals surface area contributed by atoms with Crippen LogP contribution < -0.4 is 0 Å². The molecule has 0 atom stereocenters. The van der Waals surface area contributed by atoms with Crippen molar-refractivity contribution in [1.29, 1.82) is 0 Å². The van der Waals surface area contributed by atoms with Gasteiger partial charge in [0.25, 0.3) is 0 Å². The normalized spacial score (nSPS) is 10.7. The van der Waals surface area contributed by atoms with Crippen molar-refractivity contribution < 1.29 is 22.7 Å². The summed E-state index contributed by atoms with van der Waals surface area (Å²) in [5, 5.41) is 0. The second-order valence-corrected chi connectivity index (χ2v) is 2.61. The minimum atomic E-state index is -1.34. The van der Waals surface area contributed by atoms with E-state index in [-0.39, 0.29) is 0 Å². The maximum absolute atomic E-state index is 13.0. The van der Waals surface area contributed by atoms with Gasteiger partial charge in [0.1, 0.15) is 5.82 Å². The number of halogens is 3. The highest BCUT2D eigenvalue weighted by atomic mass is 19.2. The van der Waals surface area contributed by atoms with E-state index in [4.69, 9.17) is 0 Å². The van der Waals surface area contributed by atoms with Gasteiger partial charge in [-0.2, -0.15) is 0 Å². The molecule has 15 heavy (non-hydrogen) atoms. The number of methoxy groups -OCH3 is 1. The molecule has 0 spiro atoms. The Bertz CT molecular complexity index is 413. The third-order valence-electron chi connectivity index (χ3n) is 1.67. The van der Waals surface area contributed by atoms with Gasteiger partial charge in [0.05, 0.1) is 7.11 Å². The van der Waals surface area contributed by atoms with Crippen LogP contribution in [-0.2, 0) is 9.53 Å². The molecule has 0 unspecified atom stereocenters. The third-order valence-corrected chi connectivity index (χ3v) is 1.67. The SMILES string of the molecule is COC(=O)C=Cc1c(F)ccc(F)c1F. The number of esters is 1. The van der Waals surface area contributed by atoms with Gasteiger partial charge < -0.3 is 4.74 Å². The fraction of sp³-hybridized carbons (Fsp3) is 0.100. The van der Waals surface area contributed by atoms with Gasteiger partial charge in [-0.15, -0.1) is 0 Å². The molecule has 0 aliphatic heterocycles. The molecular formula is C10H7F3O2. The van der Waals surface area contributed by atoms with Crippen LogP contribution in [0, 0.1) is 17.5 Å². The second kappa shape index (κ2) is 4.63. The molecule has 0 heterocycles. The van der Waals surface area contributed by atoms with Crippen LogP contribution in [0.4, 0.5) is 13.2 Å². The summed E-state index contributed by atoms with van der Waals surface area (Å²) in [5.41, 5.74) is -0.611. The first-order valence-electron chi connectivity index (χ1n) is 3.95. The Kier molecular flexibility index (Phi) is 3.49. The highest BCUT2D eigenvalue weighted by molar-refractivity contribution is 5.86. The molecule has 0 bridgehead atoms. The molecule has 0 aromatic heterocycles. The maximum Gasteiger partial charge on any atom is 0.330 e. The van der Waals surface area contributed by atoms with E-state index < -0.39 is 29.0 Å². The summed E-state index contributed by atoms with van der Waals surface area (Å²) in [6.07, 6.45) is 1.63. The number of carbonyl (C=O) groups is 1. The number of hydrogen-bond acceptors (Lipinski definition) is 2. The van der Waals surface area contributed by atoms with E-state index in [1.165, 1.54) is 0 Å². The van der Waals surface area contributed by atoms with Gasteiger partial charge in [-0.05, 0) is 18.2 Å². The van der Waals surface area contributed by atoms with Crippen molar-refractivity contribution in [2.75, 3.05) is 7.11 Å². The number of carbonyl (C=O) groups excluding carboxylic acids is 1. The van der Waals surface area contributed by atoms with Gasteiger partial charge in [-0.3, -0.25) is 0 Å². The lowest BCUT2D eigenvalue weighted by atomic mass is 10.2. The van der Waals surface area contributed by atoms with Gasteiger partial charge >= 0.3 is 5.97 Å². The molecule has 5 heteroatoms. The summed E-state index contributed by atoms with van der Waals surface area (Å²) in [4.78, 5) is 10.6. The summed E-state index contributed by atoms with van der Waals surface area (Å²) in [7, 11) is 1.12. The van der Waals surface area contributed by atoms with E-state index in [1.54, 1.807) is 0 Å². The summed E-state index contributed by atoms with van der Waals surface area (Å²) in [6, 6.07) is 1.44. The first-order valence-corrected chi connectivity index (χ1v) is 3.95. The van der Waals surface area contributed by atoms with E-state index in [0.717, 1.165) is 25.3 Å². The van der Waals surface area contributed by atoms with Crippen molar-refractivity contribution in [3.8, 4) is 0 Å². The zero-order valence-corrected chi connectivity index (χ0v) is 7.76. The Balaban J connectivity index is 3.09. The van der Waals surface area contributed by atoms with Crippen LogP contribution in [0.5, 0.6) is 0 Å². The second-order valence-electron chi connectivity index (χ2n) is 2.61. The van der Waals surface area contributed by atoms with Crippen LogP contribution in [-0.4, -0.2) is 13.1 Å². The van der Waals surface area contributed by atoms with Crippen molar-refractivity contribution in [2.24, 2.45) is 0 Å². The number of rotatable bonds is 2. The van der Waals surface area contributed by atoms with Crippen molar-refractivity contribution >= 4 is 12.0 Å². The summed E-state index contributed by atoms with van der Waals surface area (Å²) < 4.78 is 42.9. The quantitative estimate of drug-likeness (QED) is 0.430. The fourth-order valence-electron chi connectivity index (χ4n) is 0.915. The standard InChI is InChI=1S/C10H7F3O2/c1-15-9(14)5-2-6-7(11)3-4-8(12)10(6)13/h2-5H,1H3. The number of hydrogen-bond donors (Lipinski definition) is 0. The Morgan fingerprint density at radius 3 is 2.47 bits per heavy atom. The lowest BCUT2D eigenvalue weighted by molar-refractivity contribution is -0.134. The van der Waals surface area contributed by atoms with Gasteiger partial charge in [-0.25, -0.2) is 18.0 Å². The predicted octanol–water partition coefficient (Wildman–Crippen LogP) is 2.29. The molecule has 1 aromatic rings. The molecule has 80 valence electrons. The largest absolute Gasteiger partial charge is 0.466 e. The molecule has 0 saturated carbocycles. The average molecular weight is 216 g/mol. The average Bonchev–Trinajstić information content (AvgIpc) is 2.23. The molecular weight excluding hydrogens is 209 g/mol. The van der Waals surface area contributed by atoms with Crippen molar-refractivity contribution in [1.82, 2.24) is 0 Å². The van der Waals surface area contributed by atoms with Crippen molar-refractivity contribution in [2.45, 2.75) is 0 Å². The summed E-state index contributed by atoms with van der Waals surface area (Å²) in [6.45, 7) is 0. The van der Waals surface area contributed by atoms with E-state index in [2.05, 4.69) is 4.74 Å². The fourth-order valence-corrected chi connectivity index (χ4v) is 0.915. The molecule has 1 rings (SSSR count). The van der Waals surface area contributed by atoms with Crippen LogP contribution in [0.1, 0.15) is 5.56 Å². The monoisotopic (exact) mass is 216 g/mol. The molecule has 0 aliphatic rings. The molecule has 0 fully saturated rings. The molecule has 0 radical (unpaired) electrons. The van der Waals surface area contributed by atoms with Crippen molar-refractivity contribution in [3.05, 3.63) is 41.2 Å². The Morgan fingerprint density at radius 2 is 1.87 bits per heavy atom. The Morgan fingerprint density at radius 1 is 1.27 bits per heavy atom. The lowest BCUT2D eigenvalue weighted by Gasteiger charge is -1.99. The van der Waals surface area contributed by atoms with Crippen LogP contribution in [0.15, 0.2) is 18.2 Å². The van der Waals surface area contributed by atoms with Crippen LogP contribution in [0.25, 0.3) is 6.08 Å². The first kappa shape index (κ1) is 11.3. The minimum Gasteiger partial charge on any atom is -0.466 e. The van der Waals surface area contributed by atoms with Gasteiger partial charge in [0, 0.05) is 11.6 Å². The van der Waals surface area contributed by atoms with Crippen LogP contribution in [0.2, 0.25) is 0 Å². The first-order chi connectivity index (χ1) is 7.06. The summed E-state index contributed by atoms with van der Waals surface area (Å²) >= 11 is 0. The van der Waals surface area contributed by atoms with Crippen LogP contribution >= 0.6 is 0 Å². The Hall–Kier alpha value is -1.78. The third kappa shape index (κ3) is 2.59. The molecule has 0 amide bonds. The topological polar surface area (TPSA) is 26.3 Å². The van der Waals surface area contributed by atoms with Crippen LogP contribution in [0.3, 0.4) is 0 Å². The van der Waals surface area contributed by atoms with Gasteiger partial charge in [0.15, 0.2) is 11.6 Å². The molecule has 0 N–H and O–H groups in total. The summed E-state index contributed by atoms with van der Waals surface area (Å²) in [5.74, 6) is -4.25. The van der Waals surface area contributed by atoms with Crippen molar-refractivity contribution in [3.63, 3.8) is 0 Å². The number of benzene rings is 1. The molecule has 1 aromatic carbocycles. The molecule has 0 saturated heterocycles. The van der Waals surface area contributed by atoms with Gasteiger partial charge in [-0.1, -0.05) is 0 Å². The lowest BCUT2D eigenvalue weighted by Crippen LogP contribution is -1.96. The van der Waals surface area contributed by atoms with E-state index in [1.807, 2.05) is 0 Å². The highest BCUT2D eigenvalue weighted by Crippen LogP contribution is 2.17. The van der Waals surface area contributed by atoms with E-state index in [9.17, 15) is 18.0 Å². The number of ether oxygens (including phenoxy) is 1. The minimum absolute atomic E-state index is 0.611. The Labute approximate surface area is 84.0 Å². The van der Waals surface area contributed by atoms with Gasteiger partial charge in [0.2, 0.25) is 0 Å². The maximum atomic E-state index is 13.0. The predicted molar refractivity (Wildman–Crippen MR) is 47.4 cm³/mol. The zero-order chi connectivity index (χ0) is 11.4. The molecule has 0 aliphatic carbocycles. The van der Waals surface area contributed by atoms with E-state index in [0.29, 0.717) is 6.07 Å².